The van der Waals surface area contributed by atoms with Crippen LogP contribution in [0.5, 0.6) is 11.6 Å². The topological polar surface area (TPSA) is 48.1 Å². The Kier molecular flexibility index (Phi) is 3.53. The van der Waals surface area contributed by atoms with Gasteiger partial charge < -0.3 is 10.5 Å². The molecule has 0 saturated heterocycles. The number of nitrogens with zero attached hydrogens (tertiary/aromatic N) is 1. The Balaban J connectivity index is 2.37. The van der Waals surface area contributed by atoms with Gasteiger partial charge in [-0.3, -0.25) is 0 Å². The summed E-state index contributed by atoms with van der Waals surface area (Å²) in [5.74, 6) is -1.27. The molecule has 0 amide bonds. The molecule has 2 aromatic rings. The van der Waals surface area contributed by atoms with Crippen molar-refractivity contribution in [3.8, 4) is 11.6 Å². The summed E-state index contributed by atoms with van der Waals surface area (Å²) in [6, 6.07) is 6.10. The molecule has 1 aromatic heterocycles. The molecule has 0 aliphatic carbocycles. The summed E-state index contributed by atoms with van der Waals surface area (Å²) >= 11 is 0. The third-order valence-corrected chi connectivity index (χ3v) is 2.39. The molecule has 1 atom stereocenters. The second-order valence-corrected chi connectivity index (χ2v) is 3.86. The van der Waals surface area contributed by atoms with E-state index in [4.69, 9.17) is 10.5 Å². The van der Waals surface area contributed by atoms with E-state index in [1.165, 1.54) is 6.20 Å². The van der Waals surface area contributed by atoms with Crippen molar-refractivity contribution in [2.24, 2.45) is 5.73 Å². The van der Waals surface area contributed by atoms with Crippen LogP contribution >= 0.6 is 0 Å². The van der Waals surface area contributed by atoms with Crippen LogP contribution in [0.1, 0.15) is 18.5 Å². The van der Waals surface area contributed by atoms with Crippen LogP contribution in [0, 0.1) is 11.6 Å². The van der Waals surface area contributed by atoms with Crippen LogP contribution in [-0.2, 0) is 0 Å². The monoisotopic (exact) mass is 250 g/mol. The second-order valence-electron chi connectivity index (χ2n) is 3.86. The van der Waals surface area contributed by atoms with E-state index >= 15 is 0 Å². The quantitative estimate of drug-likeness (QED) is 0.910. The zero-order chi connectivity index (χ0) is 13.1. The summed E-state index contributed by atoms with van der Waals surface area (Å²) in [7, 11) is 0. The van der Waals surface area contributed by atoms with Crippen LogP contribution in [0.4, 0.5) is 8.78 Å². The van der Waals surface area contributed by atoms with Crippen molar-refractivity contribution in [2.75, 3.05) is 0 Å². The number of benzene rings is 1. The Bertz CT molecular complexity index is 558. The summed E-state index contributed by atoms with van der Waals surface area (Å²) in [4.78, 5) is 3.97. The lowest BCUT2D eigenvalue weighted by atomic mass is 10.1. The van der Waals surface area contributed by atoms with Gasteiger partial charge in [0.1, 0.15) is 5.82 Å². The smallest absolute Gasteiger partial charge is 0.224 e. The van der Waals surface area contributed by atoms with Gasteiger partial charge in [-0.2, -0.15) is 0 Å². The van der Waals surface area contributed by atoms with Crippen molar-refractivity contribution in [3.63, 3.8) is 0 Å². The fourth-order valence-electron chi connectivity index (χ4n) is 1.49. The Morgan fingerprint density at radius 3 is 2.78 bits per heavy atom. The fraction of sp³-hybridized carbons (Fsp3) is 0.154. The first-order valence-corrected chi connectivity index (χ1v) is 5.41. The van der Waals surface area contributed by atoms with E-state index in [9.17, 15) is 8.78 Å². The highest BCUT2D eigenvalue weighted by molar-refractivity contribution is 5.34. The molecule has 0 radical (unpaired) electrons. The lowest BCUT2D eigenvalue weighted by Gasteiger charge is -2.12. The van der Waals surface area contributed by atoms with E-state index in [0.717, 1.165) is 18.2 Å². The van der Waals surface area contributed by atoms with Crippen molar-refractivity contribution in [1.82, 2.24) is 4.98 Å². The van der Waals surface area contributed by atoms with E-state index in [-0.39, 0.29) is 17.7 Å². The maximum atomic E-state index is 13.4. The maximum Gasteiger partial charge on any atom is 0.224 e. The van der Waals surface area contributed by atoms with Gasteiger partial charge in [0.25, 0.3) is 0 Å². The minimum atomic E-state index is -0.655. The highest BCUT2D eigenvalue weighted by Crippen LogP contribution is 2.28. The molecule has 2 N–H and O–H groups in total. The summed E-state index contributed by atoms with van der Waals surface area (Å²) in [5, 5.41) is 0. The van der Waals surface area contributed by atoms with Gasteiger partial charge in [0.05, 0.1) is 0 Å². The molecular formula is C13H12F2N2O. The normalized spacial score (nSPS) is 12.2. The number of rotatable bonds is 3. The fourth-order valence-corrected chi connectivity index (χ4v) is 1.49. The molecule has 0 aliphatic heterocycles. The second kappa shape index (κ2) is 5.10. The van der Waals surface area contributed by atoms with Crippen molar-refractivity contribution in [2.45, 2.75) is 13.0 Å². The number of hydrogen-bond donors (Lipinski definition) is 1. The number of hydrogen-bond acceptors (Lipinski definition) is 3. The van der Waals surface area contributed by atoms with Gasteiger partial charge >= 0.3 is 0 Å². The predicted octanol–water partition coefficient (Wildman–Crippen LogP) is 3.17. The van der Waals surface area contributed by atoms with Crippen LogP contribution in [0.15, 0.2) is 36.5 Å². The Morgan fingerprint density at radius 1 is 1.28 bits per heavy atom. The Labute approximate surface area is 103 Å². The van der Waals surface area contributed by atoms with Crippen LogP contribution < -0.4 is 10.5 Å². The minimum absolute atomic E-state index is 0.178. The highest BCUT2D eigenvalue weighted by Gasteiger charge is 2.12. The minimum Gasteiger partial charge on any atom is -0.435 e. The SMILES string of the molecule is C[C@H](N)c1cccnc1Oc1cc(F)ccc1F. The van der Waals surface area contributed by atoms with Gasteiger partial charge in [-0.1, -0.05) is 6.07 Å². The zero-order valence-electron chi connectivity index (χ0n) is 9.73. The van der Waals surface area contributed by atoms with Gasteiger partial charge in [-0.25, -0.2) is 13.8 Å². The lowest BCUT2D eigenvalue weighted by molar-refractivity contribution is 0.415. The zero-order valence-corrected chi connectivity index (χ0v) is 9.73. The van der Waals surface area contributed by atoms with Crippen LogP contribution in [0.2, 0.25) is 0 Å². The number of halogens is 2. The van der Waals surface area contributed by atoms with E-state index < -0.39 is 11.6 Å². The van der Waals surface area contributed by atoms with Gasteiger partial charge in [0.2, 0.25) is 5.88 Å². The molecule has 0 unspecified atom stereocenters. The molecule has 5 heteroatoms. The summed E-state index contributed by atoms with van der Waals surface area (Å²) in [6.45, 7) is 1.76. The molecule has 0 saturated carbocycles. The first kappa shape index (κ1) is 12.4. The average molecular weight is 250 g/mol. The summed E-state index contributed by atoms with van der Waals surface area (Å²) in [6.07, 6.45) is 1.50. The van der Waals surface area contributed by atoms with Gasteiger partial charge in [-0.05, 0) is 25.1 Å². The van der Waals surface area contributed by atoms with Crippen LogP contribution in [0.3, 0.4) is 0 Å². The third kappa shape index (κ3) is 2.62. The molecule has 0 bridgehead atoms. The lowest BCUT2D eigenvalue weighted by Crippen LogP contribution is -2.07. The van der Waals surface area contributed by atoms with Crippen molar-refractivity contribution >= 4 is 0 Å². The summed E-state index contributed by atoms with van der Waals surface area (Å²) in [5.41, 5.74) is 6.37. The number of nitrogens with two attached hydrogens (primary N) is 1. The molecule has 18 heavy (non-hydrogen) atoms. The standard InChI is InChI=1S/C13H12F2N2O/c1-8(16)10-3-2-6-17-13(10)18-12-7-9(14)4-5-11(12)15/h2-8H,16H2,1H3/t8-/m0/s1. The van der Waals surface area contributed by atoms with E-state index in [2.05, 4.69) is 4.98 Å². The Morgan fingerprint density at radius 2 is 2.06 bits per heavy atom. The van der Waals surface area contributed by atoms with Crippen LogP contribution in [0.25, 0.3) is 0 Å². The predicted molar refractivity (Wildman–Crippen MR) is 63.3 cm³/mol. The largest absolute Gasteiger partial charge is 0.435 e. The van der Waals surface area contributed by atoms with E-state index in [1.807, 2.05) is 0 Å². The van der Waals surface area contributed by atoms with Crippen molar-refractivity contribution in [3.05, 3.63) is 53.7 Å². The van der Waals surface area contributed by atoms with Gasteiger partial charge in [-0.15, -0.1) is 0 Å². The maximum absolute atomic E-state index is 13.4. The average Bonchev–Trinajstić information content (AvgIpc) is 2.34. The van der Waals surface area contributed by atoms with E-state index in [1.54, 1.807) is 19.1 Å². The Hall–Kier alpha value is -2.01. The molecular weight excluding hydrogens is 238 g/mol. The van der Waals surface area contributed by atoms with E-state index in [0.29, 0.717) is 5.56 Å². The molecule has 1 aromatic carbocycles. The first-order chi connectivity index (χ1) is 8.58. The number of ether oxygens (including phenoxy) is 1. The third-order valence-electron chi connectivity index (χ3n) is 2.39. The van der Waals surface area contributed by atoms with Crippen LogP contribution in [-0.4, -0.2) is 4.98 Å². The molecule has 3 nitrogen and oxygen atoms in total. The summed E-state index contributed by atoms with van der Waals surface area (Å²) < 4.78 is 31.7. The highest BCUT2D eigenvalue weighted by atomic mass is 19.1. The first-order valence-electron chi connectivity index (χ1n) is 5.41. The number of pyridine rings is 1. The van der Waals surface area contributed by atoms with Gasteiger partial charge in [0.15, 0.2) is 11.6 Å². The van der Waals surface area contributed by atoms with Crippen molar-refractivity contribution in [1.29, 1.82) is 0 Å². The van der Waals surface area contributed by atoms with Gasteiger partial charge in [0, 0.05) is 23.9 Å². The van der Waals surface area contributed by atoms with Crippen molar-refractivity contribution < 1.29 is 13.5 Å². The molecule has 1 heterocycles. The molecule has 2 rings (SSSR count). The molecule has 0 spiro atoms. The molecule has 0 fully saturated rings. The molecule has 0 aliphatic rings. The number of aromatic nitrogens is 1. The molecule has 94 valence electrons.